The molecule has 3 aromatic heterocycles. The number of carbonyl (C=O) groups is 3. The highest BCUT2D eigenvalue weighted by Gasteiger charge is 2.47. The van der Waals surface area contributed by atoms with E-state index >= 15 is 0 Å². The van der Waals surface area contributed by atoms with Gasteiger partial charge in [-0.05, 0) is 87.1 Å². The van der Waals surface area contributed by atoms with Crippen LogP contribution in [0.1, 0.15) is 83.4 Å². The minimum absolute atomic E-state index is 0.00981. The van der Waals surface area contributed by atoms with Crippen molar-refractivity contribution >= 4 is 38.9 Å². The topological polar surface area (TPSA) is 245 Å². The van der Waals surface area contributed by atoms with Gasteiger partial charge in [0.1, 0.15) is 23.4 Å². The number of fused-ring (bicyclic) bond motifs is 2. The van der Waals surface area contributed by atoms with E-state index in [1.54, 1.807) is 35.1 Å². The number of hydrogen-bond donors (Lipinski definition) is 3. The van der Waals surface area contributed by atoms with E-state index in [2.05, 4.69) is 36.1 Å². The van der Waals surface area contributed by atoms with E-state index in [0.29, 0.717) is 54.6 Å². The molecule has 2 aromatic carbocycles. The highest BCUT2D eigenvalue weighted by atomic mass is 32.2. The van der Waals surface area contributed by atoms with Gasteiger partial charge in [-0.3, -0.25) is 23.5 Å². The second kappa shape index (κ2) is 21.9. The van der Waals surface area contributed by atoms with Gasteiger partial charge in [0.2, 0.25) is 5.91 Å². The minimum Gasteiger partial charge on any atom is -0.491 e. The lowest BCUT2D eigenvalue weighted by atomic mass is 9.89. The van der Waals surface area contributed by atoms with Crippen LogP contribution in [0.5, 0.6) is 5.75 Å². The van der Waals surface area contributed by atoms with Crippen LogP contribution in [0.3, 0.4) is 0 Å². The number of nitriles is 1. The number of likely N-dealkylation sites (tertiary alicyclic amines) is 1. The molecule has 22 heteroatoms. The molecule has 3 atom stereocenters. The number of alkyl halides is 3. The van der Waals surface area contributed by atoms with Gasteiger partial charge in [0, 0.05) is 42.7 Å². The van der Waals surface area contributed by atoms with Crippen molar-refractivity contribution in [2.75, 3.05) is 32.9 Å². The number of alkyl carbamates (subject to hydrolysis) is 1. The Kier molecular flexibility index (Phi) is 15.9. The summed E-state index contributed by atoms with van der Waals surface area (Å²) in [5.41, 5.74) is 6.47. The Labute approximate surface area is 390 Å². The van der Waals surface area contributed by atoms with Crippen LogP contribution in [-0.4, -0.2) is 122 Å². The number of aryl methyl sites for hydroxylation is 1. The SMILES string of the molecule is Cc1nnc(-c2ccc(Cn3cc(CC(CCCF)S(=O)(=O)O)nn3)cc2)c2c1CCCC(OC(=O)NCCCOc1cccc3c(C(=O)NCC(=O)N4CC(F)(F)C[C@H]4C#N)ccnc13)CC2. The van der Waals surface area contributed by atoms with Crippen LogP contribution in [0.2, 0.25) is 0 Å². The molecular weight excluding hydrogens is 910 g/mol. The summed E-state index contributed by atoms with van der Waals surface area (Å²) in [5.74, 6) is -4.21. The number of pyridine rings is 1. The molecule has 1 aliphatic carbocycles. The fourth-order valence-corrected chi connectivity index (χ4v) is 9.37. The van der Waals surface area contributed by atoms with Crippen LogP contribution < -0.4 is 15.4 Å². The van der Waals surface area contributed by atoms with Crippen LogP contribution in [0.4, 0.5) is 18.0 Å². The fourth-order valence-electron chi connectivity index (χ4n) is 8.52. The average molecular weight is 961 g/mol. The van der Waals surface area contributed by atoms with Crippen molar-refractivity contribution in [1.82, 2.24) is 45.7 Å². The summed E-state index contributed by atoms with van der Waals surface area (Å²) in [6, 6.07) is 14.7. The number of ether oxygens (including phenoxy) is 2. The Morgan fingerprint density at radius 1 is 1.03 bits per heavy atom. The van der Waals surface area contributed by atoms with Crippen molar-refractivity contribution in [3.63, 3.8) is 0 Å². The number of benzene rings is 2. The largest absolute Gasteiger partial charge is 0.491 e. The predicted octanol–water partition coefficient (Wildman–Crippen LogP) is 5.51. The van der Waals surface area contributed by atoms with E-state index in [0.717, 1.165) is 51.4 Å². The molecule has 0 radical (unpaired) electrons. The number of aromatic nitrogens is 6. The van der Waals surface area contributed by atoms with E-state index < -0.39 is 71.4 Å². The lowest BCUT2D eigenvalue weighted by molar-refractivity contribution is -0.131. The lowest BCUT2D eigenvalue weighted by Gasteiger charge is -2.24. The van der Waals surface area contributed by atoms with Gasteiger partial charge in [0.15, 0.2) is 0 Å². The summed E-state index contributed by atoms with van der Waals surface area (Å²) < 4.78 is 87.0. The molecule has 3 N–H and O–H groups in total. The molecule has 18 nitrogen and oxygen atoms in total. The summed E-state index contributed by atoms with van der Waals surface area (Å²) in [4.78, 5) is 43.9. The molecule has 1 aliphatic heterocycles. The van der Waals surface area contributed by atoms with Crippen LogP contribution in [-0.2, 0) is 45.5 Å². The Morgan fingerprint density at radius 2 is 1.84 bits per heavy atom. The first-order valence-corrected chi connectivity index (χ1v) is 23.8. The highest BCUT2D eigenvalue weighted by molar-refractivity contribution is 7.86. The maximum atomic E-state index is 13.8. The number of hydrogen-bond acceptors (Lipinski definition) is 13. The number of halogens is 3. The molecule has 5 aromatic rings. The van der Waals surface area contributed by atoms with Crippen LogP contribution in [0.25, 0.3) is 22.2 Å². The van der Waals surface area contributed by atoms with Gasteiger partial charge in [-0.15, -0.1) is 10.2 Å². The molecule has 4 heterocycles. The molecule has 2 unspecified atom stereocenters. The number of carbonyl (C=O) groups excluding carboxylic acids is 3. The number of nitrogens with zero attached hydrogens (tertiary/aromatic N) is 8. The number of para-hydroxylation sites is 1. The van der Waals surface area contributed by atoms with Crippen molar-refractivity contribution in [2.24, 2.45) is 0 Å². The third kappa shape index (κ3) is 12.4. The average Bonchev–Trinajstić information content (AvgIpc) is 3.89. The zero-order valence-electron chi connectivity index (χ0n) is 37.2. The first kappa shape index (κ1) is 49.2. The standard InChI is InChI=1S/C46H51F3N10O8S/c1-29-36-8-2-6-34(15-16-38(36)42(56-54-29)31-13-11-30(12-14-31)26-58-27-32(55-57-58)22-35(7-4-18-47)68(63,64)65)67-45(62)52-19-5-21-66-40-10-3-9-37-39(17-20-51-43(37)40)44(61)53-25-41(60)59-28-46(48,49)23-33(59)24-50/h3,9-14,17,20,27,33-35H,2,4-8,15-16,18-19,21-23,25-26,28H2,1H3,(H,52,62)(H,53,61)(H,63,64,65)/t33-,34?,35?/m0/s1. The van der Waals surface area contributed by atoms with E-state index in [9.17, 15) is 45.8 Å². The smallest absolute Gasteiger partial charge is 0.407 e. The Bertz CT molecular complexity index is 2770. The Balaban J connectivity index is 0.879. The predicted molar refractivity (Wildman–Crippen MR) is 240 cm³/mol. The molecule has 0 spiro atoms. The quantitative estimate of drug-likeness (QED) is 0.0725. The molecule has 1 fully saturated rings. The van der Waals surface area contributed by atoms with E-state index in [4.69, 9.17) is 9.47 Å². The number of amides is 3. The molecule has 68 heavy (non-hydrogen) atoms. The zero-order chi connectivity index (χ0) is 48.4. The molecular formula is C46H51F3N10O8S. The zero-order valence-corrected chi connectivity index (χ0v) is 38.1. The minimum atomic E-state index is -4.38. The Hall–Kier alpha value is -6.73. The lowest BCUT2D eigenvalue weighted by Crippen LogP contribution is -2.43. The molecule has 0 bridgehead atoms. The van der Waals surface area contributed by atoms with Gasteiger partial charge in [0.05, 0.1) is 66.9 Å². The summed E-state index contributed by atoms with van der Waals surface area (Å²) in [5, 5.41) is 31.0. The van der Waals surface area contributed by atoms with Gasteiger partial charge >= 0.3 is 6.09 Å². The molecule has 0 saturated carbocycles. The van der Waals surface area contributed by atoms with E-state index in [-0.39, 0.29) is 44.1 Å². The highest BCUT2D eigenvalue weighted by Crippen LogP contribution is 2.33. The van der Waals surface area contributed by atoms with Crippen LogP contribution >= 0.6 is 0 Å². The van der Waals surface area contributed by atoms with Crippen LogP contribution in [0.15, 0.2) is 60.9 Å². The van der Waals surface area contributed by atoms with Gasteiger partial charge in [-0.1, -0.05) is 41.6 Å². The maximum Gasteiger partial charge on any atom is 0.407 e. The summed E-state index contributed by atoms with van der Waals surface area (Å²) in [6.45, 7) is 0.601. The first-order chi connectivity index (χ1) is 32.6. The molecule has 2 aliphatic rings. The molecule has 7 rings (SSSR count). The van der Waals surface area contributed by atoms with E-state index in [1.807, 2.05) is 31.2 Å². The molecule has 3 amide bonds. The van der Waals surface area contributed by atoms with Gasteiger partial charge in [0.25, 0.3) is 21.9 Å². The van der Waals surface area contributed by atoms with Crippen molar-refractivity contribution < 1.29 is 50.0 Å². The first-order valence-electron chi connectivity index (χ1n) is 22.3. The fraction of sp³-hybridized carbons (Fsp3) is 0.457. The van der Waals surface area contributed by atoms with Crippen molar-refractivity contribution in [3.05, 3.63) is 94.6 Å². The van der Waals surface area contributed by atoms with Crippen molar-refractivity contribution in [1.29, 1.82) is 5.26 Å². The van der Waals surface area contributed by atoms with Gasteiger partial charge in [-0.2, -0.15) is 18.8 Å². The second-order valence-electron chi connectivity index (χ2n) is 16.9. The second-order valence-corrected chi connectivity index (χ2v) is 18.6. The number of rotatable bonds is 18. The summed E-state index contributed by atoms with van der Waals surface area (Å²) >= 11 is 0. The Morgan fingerprint density at radius 3 is 2.60 bits per heavy atom. The van der Waals surface area contributed by atoms with Gasteiger partial charge in [-0.25, -0.2) is 18.3 Å². The van der Waals surface area contributed by atoms with E-state index in [1.165, 1.54) is 12.3 Å². The number of nitrogens with one attached hydrogen (secondary N) is 2. The summed E-state index contributed by atoms with van der Waals surface area (Å²) in [7, 11) is -4.38. The van der Waals surface area contributed by atoms with Crippen molar-refractivity contribution in [2.45, 2.75) is 101 Å². The monoisotopic (exact) mass is 960 g/mol. The molecule has 360 valence electrons. The maximum absolute atomic E-state index is 13.8. The van der Waals surface area contributed by atoms with Crippen LogP contribution in [0, 0.1) is 18.3 Å². The van der Waals surface area contributed by atoms with Crippen molar-refractivity contribution in [3.8, 4) is 23.1 Å². The normalized spacial score (nSPS) is 17.3. The van der Waals surface area contributed by atoms with Gasteiger partial charge < -0.3 is 25.0 Å². The third-order valence-corrected chi connectivity index (χ3v) is 13.2. The molecule has 1 saturated heterocycles. The third-order valence-electron chi connectivity index (χ3n) is 12.0. The summed E-state index contributed by atoms with van der Waals surface area (Å²) in [6.07, 6.45) is 5.06.